The number of fused-ring (bicyclic) bond motifs is 1. The second kappa shape index (κ2) is 4.90. The van der Waals surface area contributed by atoms with Crippen LogP contribution in [-0.4, -0.2) is 29.3 Å². The standard InChI is InChI=1S/C17H18N4/c18-13-8-9-21(11-13)17-10-16(19-20-17)15-7-3-5-12-4-1-2-6-14(12)15/h1-7,10,13H,8-9,11,18H2,(H,19,20). The van der Waals surface area contributed by atoms with Gasteiger partial charge >= 0.3 is 0 Å². The van der Waals surface area contributed by atoms with E-state index >= 15 is 0 Å². The van der Waals surface area contributed by atoms with Crippen LogP contribution in [0, 0.1) is 0 Å². The molecule has 0 aliphatic carbocycles. The molecule has 21 heavy (non-hydrogen) atoms. The van der Waals surface area contributed by atoms with Gasteiger partial charge in [0.1, 0.15) is 0 Å². The molecule has 3 N–H and O–H groups in total. The van der Waals surface area contributed by atoms with Crippen molar-refractivity contribution >= 4 is 16.6 Å². The summed E-state index contributed by atoms with van der Waals surface area (Å²) in [5, 5.41) is 10.1. The molecule has 1 fully saturated rings. The molecule has 0 radical (unpaired) electrons. The lowest BCUT2D eigenvalue weighted by Crippen LogP contribution is -2.26. The Balaban J connectivity index is 1.74. The van der Waals surface area contributed by atoms with Crippen LogP contribution in [-0.2, 0) is 0 Å². The summed E-state index contributed by atoms with van der Waals surface area (Å²) >= 11 is 0. The van der Waals surface area contributed by atoms with Crippen molar-refractivity contribution in [1.29, 1.82) is 0 Å². The highest BCUT2D eigenvalue weighted by Gasteiger charge is 2.21. The highest BCUT2D eigenvalue weighted by atomic mass is 15.3. The van der Waals surface area contributed by atoms with Gasteiger partial charge in [0.15, 0.2) is 5.82 Å². The molecule has 4 rings (SSSR count). The van der Waals surface area contributed by atoms with Gasteiger partial charge in [0, 0.05) is 30.8 Å². The van der Waals surface area contributed by atoms with Crippen LogP contribution in [0.4, 0.5) is 5.82 Å². The van der Waals surface area contributed by atoms with Crippen LogP contribution in [0.5, 0.6) is 0 Å². The van der Waals surface area contributed by atoms with E-state index in [1.807, 2.05) is 0 Å². The molecule has 1 unspecified atom stereocenters. The number of hydrogen-bond donors (Lipinski definition) is 2. The van der Waals surface area contributed by atoms with E-state index in [2.05, 4.69) is 63.6 Å². The van der Waals surface area contributed by atoms with E-state index in [9.17, 15) is 0 Å². The largest absolute Gasteiger partial charge is 0.354 e. The fourth-order valence-corrected chi connectivity index (χ4v) is 3.07. The molecule has 3 aromatic rings. The van der Waals surface area contributed by atoms with Crippen LogP contribution in [0.15, 0.2) is 48.5 Å². The first-order chi connectivity index (χ1) is 10.3. The normalized spacial score (nSPS) is 18.5. The first-order valence-corrected chi connectivity index (χ1v) is 7.35. The number of nitrogens with one attached hydrogen (secondary N) is 1. The Morgan fingerprint density at radius 2 is 2.00 bits per heavy atom. The smallest absolute Gasteiger partial charge is 0.151 e. The molecule has 1 aromatic heterocycles. The number of hydrogen-bond acceptors (Lipinski definition) is 3. The zero-order valence-corrected chi connectivity index (χ0v) is 11.8. The minimum atomic E-state index is 0.266. The van der Waals surface area contributed by atoms with E-state index in [0.29, 0.717) is 0 Å². The van der Waals surface area contributed by atoms with Crippen LogP contribution in [0.2, 0.25) is 0 Å². The maximum atomic E-state index is 5.98. The topological polar surface area (TPSA) is 57.9 Å². The van der Waals surface area contributed by atoms with Crippen molar-refractivity contribution in [1.82, 2.24) is 10.2 Å². The molecule has 2 heterocycles. The average molecular weight is 278 g/mol. The van der Waals surface area contributed by atoms with Gasteiger partial charge in [0.25, 0.3) is 0 Å². The van der Waals surface area contributed by atoms with Gasteiger partial charge in [-0.3, -0.25) is 5.10 Å². The van der Waals surface area contributed by atoms with Gasteiger partial charge in [-0.1, -0.05) is 42.5 Å². The molecule has 1 aliphatic rings. The second-order valence-corrected chi connectivity index (χ2v) is 5.66. The van der Waals surface area contributed by atoms with E-state index < -0.39 is 0 Å². The van der Waals surface area contributed by atoms with Gasteiger partial charge in [-0.05, 0) is 17.2 Å². The minimum absolute atomic E-state index is 0.266. The van der Waals surface area contributed by atoms with Crippen LogP contribution < -0.4 is 10.6 Å². The Bertz CT molecular complexity index is 772. The Morgan fingerprint density at radius 1 is 1.14 bits per heavy atom. The summed E-state index contributed by atoms with van der Waals surface area (Å²) in [5.41, 5.74) is 8.22. The number of anilines is 1. The molecule has 0 bridgehead atoms. The minimum Gasteiger partial charge on any atom is -0.354 e. The van der Waals surface area contributed by atoms with Gasteiger partial charge in [0.2, 0.25) is 0 Å². The van der Waals surface area contributed by atoms with E-state index in [-0.39, 0.29) is 6.04 Å². The zero-order valence-electron chi connectivity index (χ0n) is 11.8. The van der Waals surface area contributed by atoms with Crippen molar-refractivity contribution in [3.8, 4) is 11.3 Å². The van der Waals surface area contributed by atoms with Crippen LogP contribution >= 0.6 is 0 Å². The van der Waals surface area contributed by atoms with Crippen molar-refractivity contribution in [2.75, 3.05) is 18.0 Å². The third-order valence-electron chi connectivity index (χ3n) is 4.19. The molecule has 106 valence electrons. The Kier molecular flexibility index (Phi) is 2.89. The number of aromatic amines is 1. The number of nitrogens with zero attached hydrogens (tertiary/aromatic N) is 2. The Labute approximate surface area is 123 Å². The fourth-order valence-electron chi connectivity index (χ4n) is 3.07. The number of aromatic nitrogens is 2. The summed E-state index contributed by atoms with van der Waals surface area (Å²) in [5.74, 6) is 0.992. The maximum Gasteiger partial charge on any atom is 0.151 e. The van der Waals surface area contributed by atoms with Gasteiger partial charge in [0.05, 0.1) is 5.69 Å². The summed E-state index contributed by atoms with van der Waals surface area (Å²) in [7, 11) is 0. The van der Waals surface area contributed by atoms with Gasteiger partial charge in [-0.25, -0.2) is 0 Å². The number of H-pyrrole nitrogens is 1. The average Bonchev–Trinajstić information content (AvgIpc) is 3.15. The molecular formula is C17H18N4. The molecule has 4 nitrogen and oxygen atoms in total. The predicted octanol–water partition coefficient (Wildman–Crippen LogP) is 2.77. The fraction of sp³-hybridized carbons (Fsp3) is 0.235. The molecule has 1 saturated heterocycles. The van der Waals surface area contributed by atoms with E-state index in [4.69, 9.17) is 5.73 Å². The van der Waals surface area contributed by atoms with Crippen molar-refractivity contribution < 1.29 is 0 Å². The van der Waals surface area contributed by atoms with Gasteiger partial charge in [-0.15, -0.1) is 0 Å². The number of benzene rings is 2. The summed E-state index contributed by atoms with van der Waals surface area (Å²) < 4.78 is 0. The first-order valence-electron chi connectivity index (χ1n) is 7.35. The van der Waals surface area contributed by atoms with E-state index in [1.54, 1.807) is 0 Å². The molecule has 0 saturated carbocycles. The highest BCUT2D eigenvalue weighted by Crippen LogP contribution is 2.29. The molecule has 0 spiro atoms. The van der Waals surface area contributed by atoms with Crippen molar-refractivity contribution in [3.63, 3.8) is 0 Å². The van der Waals surface area contributed by atoms with Gasteiger partial charge in [-0.2, -0.15) is 5.10 Å². The summed E-state index contributed by atoms with van der Waals surface area (Å²) in [6.45, 7) is 1.88. The Morgan fingerprint density at radius 3 is 2.86 bits per heavy atom. The van der Waals surface area contributed by atoms with Crippen molar-refractivity contribution in [3.05, 3.63) is 48.5 Å². The molecule has 2 aromatic carbocycles. The highest BCUT2D eigenvalue weighted by molar-refractivity contribution is 5.96. The van der Waals surface area contributed by atoms with Crippen molar-refractivity contribution in [2.45, 2.75) is 12.5 Å². The Hall–Kier alpha value is -2.33. The quantitative estimate of drug-likeness (QED) is 0.758. The SMILES string of the molecule is NC1CCN(c2cc(-c3cccc4ccccc34)[nH]n2)C1. The second-order valence-electron chi connectivity index (χ2n) is 5.66. The number of rotatable bonds is 2. The predicted molar refractivity (Wildman–Crippen MR) is 86.3 cm³/mol. The molecule has 1 aliphatic heterocycles. The first kappa shape index (κ1) is 12.4. The van der Waals surface area contributed by atoms with Crippen LogP contribution in [0.3, 0.4) is 0 Å². The lowest BCUT2D eigenvalue weighted by Gasteiger charge is -2.13. The monoisotopic (exact) mass is 278 g/mol. The number of nitrogens with two attached hydrogens (primary N) is 1. The van der Waals surface area contributed by atoms with Crippen LogP contribution in [0.1, 0.15) is 6.42 Å². The third-order valence-corrected chi connectivity index (χ3v) is 4.19. The summed E-state index contributed by atoms with van der Waals surface area (Å²) in [6.07, 6.45) is 1.04. The molecular weight excluding hydrogens is 260 g/mol. The van der Waals surface area contributed by atoms with Gasteiger partial charge < -0.3 is 10.6 Å². The van der Waals surface area contributed by atoms with Crippen LogP contribution in [0.25, 0.3) is 22.0 Å². The third kappa shape index (κ3) is 2.17. The van der Waals surface area contributed by atoms with E-state index in [0.717, 1.165) is 31.0 Å². The maximum absolute atomic E-state index is 5.98. The summed E-state index contributed by atoms with van der Waals surface area (Å²) in [6, 6.07) is 17.2. The van der Waals surface area contributed by atoms with Crippen molar-refractivity contribution in [2.24, 2.45) is 5.73 Å². The zero-order chi connectivity index (χ0) is 14.2. The molecule has 4 heteroatoms. The molecule has 1 atom stereocenters. The molecule has 0 amide bonds. The van der Waals surface area contributed by atoms with E-state index in [1.165, 1.54) is 16.3 Å². The lowest BCUT2D eigenvalue weighted by molar-refractivity contribution is 0.751. The summed E-state index contributed by atoms with van der Waals surface area (Å²) in [4.78, 5) is 2.25. The lowest BCUT2D eigenvalue weighted by atomic mass is 10.0.